The van der Waals surface area contributed by atoms with Gasteiger partial charge in [-0.05, 0) is 106 Å². The number of fused-ring (bicyclic) bond motifs is 1. The normalized spacial score (nSPS) is 14.7. The topological polar surface area (TPSA) is 79.1 Å². The highest BCUT2D eigenvalue weighted by Gasteiger charge is 2.33. The number of ether oxygens (including phenoxy) is 3. The highest BCUT2D eigenvalue weighted by molar-refractivity contribution is 9.11. The number of esters is 1. The predicted octanol–water partition coefficient (Wildman–Crippen LogP) is 7.61. The molecule has 0 radical (unpaired) electrons. The van der Waals surface area contributed by atoms with E-state index >= 15 is 0 Å². The van der Waals surface area contributed by atoms with Crippen molar-refractivity contribution < 1.29 is 19.0 Å². The first-order valence-corrected chi connectivity index (χ1v) is 16.7. The van der Waals surface area contributed by atoms with Crippen molar-refractivity contribution in [3.05, 3.63) is 121 Å². The maximum absolute atomic E-state index is 14.0. The number of thiazole rings is 1. The summed E-state index contributed by atoms with van der Waals surface area (Å²) in [6, 6.07) is 15.6. The van der Waals surface area contributed by atoms with E-state index in [0.29, 0.717) is 57.7 Å². The van der Waals surface area contributed by atoms with Crippen molar-refractivity contribution >= 4 is 78.4 Å². The van der Waals surface area contributed by atoms with Crippen LogP contribution in [-0.4, -0.2) is 23.8 Å². The van der Waals surface area contributed by atoms with Gasteiger partial charge >= 0.3 is 5.97 Å². The Labute approximate surface area is 284 Å². The summed E-state index contributed by atoms with van der Waals surface area (Å²) >= 11 is 20.8. The van der Waals surface area contributed by atoms with Crippen molar-refractivity contribution in [2.24, 2.45) is 4.99 Å². The lowest BCUT2D eigenvalue weighted by atomic mass is 9.96. The summed E-state index contributed by atoms with van der Waals surface area (Å²) in [5.74, 6) is 0.770. The summed E-state index contributed by atoms with van der Waals surface area (Å²) in [6.45, 7) is 6.37. The van der Waals surface area contributed by atoms with Crippen LogP contribution in [0.15, 0.2) is 84.6 Å². The Kier molecular flexibility index (Phi) is 10.4. The molecule has 3 aromatic carbocycles. The molecule has 0 bridgehead atoms. The van der Waals surface area contributed by atoms with E-state index in [1.54, 1.807) is 36.6 Å². The maximum Gasteiger partial charge on any atom is 0.338 e. The summed E-state index contributed by atoms with van der Waals surface area (Å²) in [4.78, 5) is 32.3. The van der Waals surface area contributed by atoms with Crippen LogP contribution in [0.3, 0.4) is 0 Å². The van der Waals surface area contributed by atoms with Crippen molar-refractivity contribution in [1.29, 1.82) is 0 Å². The van der Waals surface area contributed by atoms with Gasteiger partial charge in [-0.1, -0.05) is 52.7 Å². The Hall–Kier alpha value is -2.89. The third kappa shape index (κ3) is 6.84. The van der Waals surface area contributed by atoms with E-state index in [4.69, 9.17) is 37.4 Å². The molecule has 2 heterocycles. The number of hydrogen-bond donors (Lipinski definition) is 0. The van der Waals surface area contributed by atoms with Gasteiger partial charge in [-0.2, -0.15) is 0 Å². The van der Waals surface area contributed by atoms with Gasteiger partial charge in [0.15, 0.2) is 4.80 Å². The van der Waals surface area contributed by atoms with E-state index in [0.717, 1.165) is 16.7 Å². The zero-order valence-electron chi connectivity index (χ0n) is 23.8. The predicted molar refractivity (Wildman–Crippen MR) is 181 cm³/mol. The Morgan fingerprint density at radius 1 is 1.02 bits per heavy atom. The fraction of sp³-hybridized carbons (Fsp3) is 0.219. The Morgan fingerprint density at radius 3 is 2.36 bits per heavy atom. The molecule has 1 unspecified atom stereocenters. The molecular weight excluding hydrogens is 755 g/mol. The highest BCUT2D eigenvalue weighted by atomic mass is 79.9. The molecule has 0 saturated heterocycles. The van der Waals surface area contributed by atoms with E-state index < -0.39 is 12.0 Å². The van der Waals surface area contributed by atoms with Crippen LogP contribution in [-0.2, 0) is 16.1 Å². The lowest BCUT2D eigenvalue weighted by Crippen LogP contribution is -2.39. The van der Waals surface area contributed by atoms with E-state index in [2.05, 4.69) is 36.9 Å². The van der Waals surface area contributed by atoms with Gasteiger partial charge in [0.2, 0.25) is 0 Å². The van der Waals surface area contributed by atoms with Crippen molar-refractivity contribution in [2.75, 3.05) is 13.2 Å². The zero-order chi connectivity index (χ0) is 31.5. The largest absolute Gasteiger partial charge is 0.494 e. The van der Waals surface area contributed by atoms with Gasteiger partial charge in [-0.3, -0.25) is 9.36 Å². The van der Waals surface area contributed by atoms with Crippen LogP contribution in [0.25, 0.3) is 6.08 Å². The fourth-order valence-electron chi connectivity index (χ4n) is 4.76. The molecule has 1 aliphatic heterocycles. The number of rotatable bonds is 9. The lowest BCUT2D eigenvalue weighted by Gasteiger charge is -2.24. The number of hydrogen-bond acceptors (Lipinski definition) is 7. The Bertz CT molecular complexity index is 1930. The smallest absolute Gasteiger partial charge is 0.338 e. The molecule has 0 N–H and O–H groups in total. The second-order valence-electron chi connectivity index (χ2n) is 9.64. The molecule has 1 atom stereocenters. The van der Waals surface area contributed by atoms with E-state index in [1.165, 1.54) is 11.3 Å². The molecule has 7 nitrogen and oxygen atoms in total. The summed E-state index contributed by atoms with van der Waals surface area (Å²) in [5.41, 5.74) is 2.84. The minimum Gasteiger partial charge on any atom is -0.494 e. The number of aromatic nitrogens is 1. The van der Waals surface area contributed by atoms with Gasteiger partial charge in [-0.15, -0.1) is 0 Å². The molecule has 4 aromatic rings. The molecular formula is C32H26Br2Cl2N2O5S. The van der Waals surface area contributed by atoms with Crippen LogP contribution in [0.2, 0.25) is 10.0 Å². The second kappa shape index (κ2) is 14.0. The molecule has 0 saturated carbocycles. The third-order valence-corrected chi connectivity index (χ3v) is 9.48. The van der Waals surface area contributed by atoms with Crippen molar-refractivity contribution in [1.82, 2.24) is 4.57 Å². The number of halogens is 4. The number of carbonyl (C=O) groups excluding carboxylic acids is 1. The zero-order valence-corrected chi connectivity index (χ0v) is 29.3. The van der Waals surface area contributed by atoms with E-state index in [9.17, 15) is 9.59 Å². The molecule has 5 rings (SSSR count). The molecule has 0 spiro atoms. The van der Waals surface area contributed by atoms with Gasteiger partial charge in [0.25, 0.3) is 5.56 Å². The van der Waals surface area contributed by atoms with Crippen LogP contribution in [0.5, 0.6) is 11.5 Å². The standard InChI is InChI=1S/C32H26Br2Cl2N2O5S/c1-4-41-22-10-7-19(8-11-22)28-27(31(40)42-5-2)17(3)37-32-38(28)30(39)26(44-32)14-18-12-23(33)29(24(34)13-18)43-16-20-6-9-21(35)15-25(20)36/h6-15,28H,4-5,16H2,1-3H3/b26-14+. The Balaban J connectivity index is 1.54. The van der Waals surface area contributed by atoms with Crippen LogP contribution in [0.4, 0.5) is 0 Å². The van der Waals surface area contributed by atoms with E-state index in [-0.39, 0.29) is 18.8 Å². The van der Waals surface area contributed by atoms with Crippen molar-refractivity contribution in [3.8, 4) is 11.5 Å². The fourth-order valence-corrected chi connectivity index (χ4v) is 7.72. The summed E-state index contributed by atoms with van der Waals surface area (Å²) < 4.78 is 20.4. The van der Waals surface area contributed by atoms with Crippen LogP contribution >= 0.6 is 66.4 Å². The highest BCUT2D eigenvalue weighted by Crippen LogP contribution is 2.36. The Morgan fingerprint density at radius 2 is 1.73 bits per heavy atom. The van der Waals surface area contributed by atoms with Crippen LogP contribution in [0.1, 0.15) is 43.5 Å². The lowest BCUT2D eigenvalue weighted by molar-refractivity contribution is -0.139. The number of nitrogens with zero attached hydrogens (tertiary/aromatic N) is 2. The summed E-state index contributed by atoms with van der Waals surface area (Å²) in [5, 5.41) is 1.07. The first kappa shape index (κ1) is 32.5. The third-order valence-electron chi connectivity index (χ3n) is 6.73. The minimum atomic E-state index is -0.711. The average molecular weight is 781 g/mol. The minimum absolute atomic E-state index is 0.201. The molecule has 0 aliphatic carbocycles. The van der Waals surface area contributed by atoms with Crippen LogP contribution < -0.4 is 24.4 Å². The van der Waals surface area contributed by atoms with Crippen molar-refractivity contribution in [2.45, 2.75) is 33.4 Å². The molecule has 12 heteroatoms. The van der Waals surface area contributed by atoms with Gasteiger partial charge in [0.1, 0.15) is 18.1 Å². The summed E-state index contributed by atoms with van der Waals surface area (Å²) in [6.07, 6.45) is 1.79. The van der Waals surface area contributed by atoms with Crippen LogP contribution in [0, 0.1) is 0 Å². The monoisotopic (exact) mass is 778 g/mol. The average Bonchev–Trinajstić information content (AvgIpc) is 3.27. The van der Waals surface area contributed by atoms with Gasteiger partial charge < -0.3 is 14.2 Å². The summed E-state index contributed by atoms with van der Waals surface area (Å²) in [7, 11) is 0. The molecule has 0 amide bonds. The second-order valence-corrected chi connectivity index (χ2v) is 13.2. The number of benzene rings is 3. The molecule has 44 heavy (non-hydrogen) atoms. The maximum atomic E-state index is 14.0. The van der Waals surface area contributed by atoms with Gasteiger partial charge in [-0.25, -0.2) is 9.79 Å². The van der Waals surface area contributed by atoms with Gasteiger partial charge in [0.05, 0.1) is 44.0 Å². The quantitative estimate of drug-likeness (QED) is 0.164. The molecule has 0 fully saturated rings. The van der Waals surface area contributed by atoms with Crippen molar-refractivity contribution in [3.63, 3.8) is 0 Å². The SMILES string of the molecule is CCOC(=O)C1=C(C)N=c2s/c(=C/c3cc(Br)c(OCc4ccc(Cl)cc4Cl)c(Br)c3)c(=O)n2C1c1ccc(OCC)cc1. The molecule has 1 aliphatic rings. The first-order chi connectivity index (χ1) is 21.1. The number of carbonyl (C=O) groups is 1. The molecule has 228 valence electrons. The van der Waals surface area contributed by atoms with Gasteiger partial charge in [0, 0.05) is 15.6 Å². The first-order valence-electron chi connectivity index (χ1n) is 13.6. The van der Waals surface area contributed by atoms with E-state index in [1.807, 2.05) is 49.4 Å². The number of allylic oxidation sites excluding steroid dienone is 1. The molecule has 1 aromatic heterocycles.